The predicted octanol–water partition coefficient (Wildman–Crippen LogP) is 8.14. The van der Waals surface area contributed by atoms with Crippen molar-refractivity contribution in [2.24, 2.45) is 0 Å². The average Bonchev–Trinajstić information content (AvgIpc) is 2.74. The molecule has 0 spiro atoms. The third kappa shape index (κ3) is 8.58. The van der Waals surface area contributed by atoms with Crippen LogP contribution in [0.15, 0.2) is 24.3 Å². The lowest BCUT2D eigenvalue weighted by Crippen LogP contribution is -2.23. The van der Waals surface area contributed by atoms with Crippen molar-refractivity contribution >= 4 is 11.9 Å². The molecule has 0 aliphatic heterocycles. The van der Waals surface area contributed by atoms with Crippen molar-refractivity contribution < 1.29 is 24.5 Å². The number of hydrogen-bond acceptors (Lipinski definition) is 4. The van der Waals surface area contributed by atoms with Crippen LogP contribution in [0.4, 0.5) is 0 Å². The molecule has 0 bridgehead atoms. The minimum atomic E-state index is -0.835. The number of phenolic OH excluding ortho intramolecular Hbond substituents is 1. The molecule has 0 heterocycles. The molecular weight excluding hydrogens is 488 g/mol. The lowest BCUT2D eigenvalue weighted by atomic mass is 9.78. The van der Waals surface area contributed by atoms with E-state index in [0.29, 0.717) is 24.3 Å². The van der Waals surface area contributed by atoms with Gasteiger partial charge in [-0.05, 0) is 56.8 Å². The summed E-state index contributed by atoms with van der Waals surface area (Å²) >= 11 is 0. The van der Waals surface area contributed by atoms with Gasteiger partial charge in [0.15, 0.2) is 0 Å². The van der Waals surface area contributed by atoms with Crippen LogP contribution in [-0.2, 0) is 44.1 Å². The summed E-state index contributed by atoms with van der Waals surface area (Å²) < 4.78 is 6.15. The van der Waals surface area contributed by atoms with Crippen molar-refractivity contribution in [3.8, 4) is 11.5 Å². The Balaban J connectivity index is 2.47. The Morgan fingerprint density at radius 1 is 0.615 bits per heavy atom. The van der Waals surface area contributed by atoms with Crippen LogP contribution in [0.25, 0.3) is 0 Å². The first-order chi connectivity index (χ1) is 17.5. The minimum absolute atomic E-state index is 0.0477. The molecule has 5 nitrogen and oxygen atoms in total. The number of benzene rings is 2. The van der Waals surface area contributed by atoms with Crippen LogP contribution in [0.5, 0.6) is 11.5 Å². The SMILES string of the molecule is CC(C)(C)c1cc(CCC(=O)Oc2c(C(C)(C)C)cc(CCC(=O)O)cc2C(C)(C)C)cc(C(C)(C)C)c1O. The van der Waals surface area contributed by atoms with Gasteiger partial charge in [0.05, 0.1) is 0 Å². The van der Waals surface area contributed by atoms with Gasteiger partial charge in [0.25, 0.3) is 0 Å². The van der Waals surface area contributed by atoms with Gasteiger partial charge in [-0.1, -0.05) is 107 Å². The molecule has 2 aromatic carbocycles. The molecule has 0 aromatic heterocycles. The zero-order valence-electron chi connectivity index (χ0n) is 26.3. The first kappa shape index (κ1) is 32.4. The summed E-state index contributed by atoms with van der Waals surface area (Å²) in [6.07, 6.45) is 1.17. The molecule has 2 aromatic rings. The Hall–Kier alpha value is -2.82. The normalized spacial score (nSPS) is 12.9. The van der Waals surface area contributed by atoms with Gasteiger partial charge in [-0.3, -0.25) is 9.59 Å². The quantitative estimate of drug-likeness (QED) is 0.275. The van der Waals surface area contributed by atoms with Crippen LogP contribution in [0.1, 0.15) is 129 Å². The number of aryl methyl sites for hydroxylation is 2. The van der Waals surface area contributed by atoms with Crippen LogP contribution in [0.3, 0.4) is 0 Å². The number of esters is 1. The van der Waals surface area contributed by atoms with E-state index in [-0.39, 0.29) is 40.5 Å². The molecule has 2 N–H and O–H groups in total. The number of carbonyl (C=O) groups excluding carboxylic acids is 1. The van der Waals surface area contributed by atoms with Crippen molar-refractivity contribution in [1.29, 1.82) is 0 Å². The molecule has 0 saturated carbocycles. The average molecular weight is 539 g/mol. The first-order valence-electron chi connectivity index (χ1n) is 14.0. The summed E-state index contributed by atoms with van der Waals surface area (Å²) in [6.45, 7) is 24.9. The van der Waals surface area contributed by atoms with Crippen LogP contribution >= 0.6 is 0 Å². The van der Waals surface area contributed by atoms with Crippen LogP contribution in [0.2, 0.25) is 0 Å². The molecular formula is C34H50O5. The maximum atomic E-state index is 13.3. The number of carboxylic acids is 1. The molecule has 0 aliphatic rings. The second-order valence-corrected chi connectivity index (χ2v) is 14.9. The number of hydrogen-bond donors (Lipinski definition) is 2. The minimum Gasteiger partial charge on any atom is -0.507 e. The monoisotopic (exact) mass is 538 g/mol. The third-order valence-corrected chi connectivity index (χ3v) is 7.01. The van der Waals surface area contributed by atoms with Crippen molar-refractivity contribution in [1.82, 2.24) is 0 Å². The predicted molar refractivity (Wildman–Crippen MR) is 159 cm³/mol. The molecule has 0 amide bonds. The largest absolute Gasteiger partial charge is 0.507 e. The second kappa shape index (κ2) is 11.3. The summed E-state index contributed by atoms with van der Waals surface area (Å²) in [5.74, 6) is -0.241. The molecule has 0 saturated heterocycles. The highest BCUT2D eigenvalue weighted by molar-refractivity contribution is 5.74. The highest BCUT2D eigenvalue weighted by Crippen LogP contribution is 2.42. The summed E-state index contributed by atoms with van der Waals surface area (Å²) in [5, 5.41) is 20.3. The molecule has 216 valence electrons. The molecule has 0 unspecified atom stereocenters. The van der Waals surface area contributed by atoms with Gasteiger partial charge in [0.2, 0.25) is 0 Å². The molecule has 5 heteroatoms. The topological polar surface area (TPSA) is 83.8 Å². The van der Waals surface area contributed by atoms with E-state index in [1.807, 2.05) is 24.3 Å². The van der Waals surface area contributed by atoms with E-state index < -0.39 is 5.97 Å². The molecule has 2 rings (SSSR count). The molecule has 0 fully saturated rings. The first-order valence-corrected chi connectivity index (χ1v) is 14.0. The van der Waals surface area contributed by atoms with Gasteiger partial charge in [0.1, 0.15) is 11.5 Å². The molecule has 39 heavy (non-hydrogen) atoms. The number of phenols is 1. The maximum Gasteiger partial charge on any atom is 0.311 e. The van der Waals surface area contributed by atoms with E-state index in [0.717, 1.165) is 33.4 Å². The fraction of sp³-hybridized carbons (Fsp3) is 0.588. The highest BCUT2D eigenvalue weighted by atomic mass is 16.5. The van der Waals surface area contributed by atoms with E-state index in [1.54, 1.807) is 0 Å². The Morgan fingerprint density at radius 2 is 0.949 bits per heavy atom. The number of aliphatic carboxylic acids is 1. The third-order valence-electron chi connectivity index (χ3n) is 7.01. The lowest BCUT2D eigenvalue weighted by molar-refractivity contribution is -0.137. The summed E-state index contributed by atoms with van der Waals surface area (Å²) in [7, 11) is 0. The van der Waals surface area contributed by atoms with E-state index in [1.165, 1.54) is 0 Å². The zero-order chi connectivity index (χ0) is 30.1. The second-order valence-electron chi connectivity index (χ2n) is 14.9. The number of aromatic hydroxyl groups is 1. The van der Waals surface area contributed by atoms with Crippen molar-refractivity contribution in [3.63, 3.8) is 0 Å². The molecule has 0 aliphatic carbocycles. The standard InChI is InChI=1S/C34H50O5/c1-31(2,3)23-17-22(18-24(29(23)38)32(4,5)6)14-16-28(37)39-30-25(33(7,8)9)19-21(13-15-27(35)36)20-26(30)34(10,11)12/h17-20,38H,13-16H2,1-12H3,(H,35,36). The van der Waals surface area contributed by atoms with Gasteiger partial charge in [-0.25, -0.2) is 0 Å². The van der Waals surface area contributed by atoms with Gasteiger partial charge in [0, 0.05) is 24.0 Å². The van der Waals surface area contributed by atoms with Crippen LogP contribution < -0.4 is 4.74 Å². The summed E-state index contributed by atoms with van der Waals surface area (Å²) in [5.41, 5.74) is 4.37. The van der Waals surface area contributed by atoms with Crippen LogP contribution in [0, 0.1) is 0 Å². The summed E-state index contributed by atoms with van der Waals surface area (Å²) in [6, 6.07) is 8.00. The van der Waals surface area contributed by atoms with Gasteiger partial charge in [-0.2, -0.15) is 0 Å². The van der Waals surface area contributed by atoms with E-state index >= 15 is 0 Å². The smallest absolute Gasteiger partial charge is 0.311 e. The van der Waals surface area contributed by atoms with E-state index in [2.05, 4.69) is 83.1 Å². The van der Waals surface area contributed by atoms with Crippen molar-refractivity contribution in [2.45, 2.75) is 130 Å². The fourth-order valence-corrected chi connectivity index (χ4v) is 4.70. The highest BCUT2D eigenvalue weighted by Gasteiger charge is 2.30. The maximum absolute atomic E-state index is 13.3. The number of carbonyl (C=O) groups is 2. The number of carboxylic acid groups (broad SMARTS) is 1. The number of ether oxygens (including phenoxy) is 1. The van der Waals surface area contributed by atoms with Crippen LogP contribution in [-0.4, -0.2) is 22.2 Å². The zero-order valence-corrected chi connectivity index (χ0v) is 26.3. The van der Waals surface area contributed by atoms with Gasteiger partial charge < -0.3 is 14.9 Å². The van der Waals surface area contributed by atoms with Crippen molar-refractivity contribution in [2.75, 3.05) is 0 Å². The Kier molecular flexibility index (Phi) is 9.43. The number of rotatable bonds is 7. The Labute approximate surface area is 236 Å². The van der Waals surface area contributed by atoms with E-state index in [9.17, 15) is 19.8 Å². The Bertz CT molecular complexity index is 1140. The lowest BCUT2D eigenvalue weighted by Gasteiger charge is -2.30. The molecule has 0 atom stereocenters. The summed E-state index contributed by atoms with van der Waals surface area (Å²) in [4.78, 5) is 24.6. The fourth-order valence-electron chi connectivity index (χ4n) is 4.70. The van der Waals surface area contributed by atoms with Gasteiger partial charge in [-0.15, -0.1) is 0 Å². The Morgan fingerprint density at radius 3 is 1.28 bits per heavy atom. The van der Waals surface area contributed by atoms with Gasteiger partial charge >= 0.3 is 11.9 Å². The molecule has 0 radical (unpaired) electrons. The van der Waals surface area contributed by atoms with Crippen molar-refractivity contribution in [3.05, 3.63) is 57.6 Å². The van der Waals surface area contributed by atoms with E-state index in [4.69, 9.17) is 4.74 Å².